The average molecular weight is 292 g/mol. The lowest BCUT2D eigenvalue weighted by Gasteiger charge is -2.05. The van der Waals surface area contributed by atoms with Crippen LogP contribution in [0.25, 0.3) is 0 Å². The molecule has 3 rings (SSSR count). The third-order valence-corrected chi connectivity index (χ3v) is 3.67. The average Bonchev–Trinajstić information content (AvgIpc) is 3.21. The van der Waals surface area contributed by atoms with Gasteiger partial charge < -0.3 is 10.6 Å². The molecule has 0 saturated heterocycles. The minimum absolute atomic E-state index is 0.190. The van der Waals surface area contributed by atoms with Crippen LogP contribution in [0.3, 0.4) is 0 Å². The molecule has 0 unspecified atom stereocenters. The standard InChI is InChI=1S/C18H16N2O2/c1-12-15(17(21)19-13-8-4-2-5-9-13)16(12)18(22)20-14-10-6-3-7-11-14/h2-11,15-16H,1H2,(H,19,21)(H,20,22)/t15-,16-/m1/s1. The monoisotopic (exact) mass is 292 g/mol. The summed E-state index contributed by atoms with van der Waals surface area (Å²) in [6, 6.07) is 18.4. The number of nitrogens with one attached hydrogen (secondary N) is 2. The minimum Gasteiger partial charge on any atom is -0.326 e. The lowest BCUT2D eigenvalue weighted by Crippen LogP contribution is -2.20. The van der Waals surface area contributed by atoms with Gasteiger partial charge in [0.2, 0.25) is 11.8 Å². The molecular formula is C18H16N2O2. The summed E-state index contributed by atoms with van der Waals surface area (Å²) >= 11 is 0. The Labute approximate surface area is 128 Å². The summed E-state index contributed by atoms with van der Waals surface area (Å²) in [4.78, 5) is 24.4. The molecule has 1 saturated carbocycles. The Morgan fingerprint density at radius 1 is 0.727 bits per heavy atom. The fourth-order valence-electron chi connectivity index (χ4n) is 2.44. The molecule has 0 aromatic heterocycles. The van der Waals surface area contributed by atoms with Gasteiger partial charge in [0.05, 0.1) is 11.8 Å². The molecule has 0 aliphatic heterocycles. The topological polar surface area (TPSA) is 58.2 Å². The first-order valence-corrected chi connectivity index (χ1v) is 7.07. The van der Waals surface area contributed by atoms with Gasteiger partial charge >= 0.3 is 0 Å². The van der Waals surface area contributed by atoms with Crippen LogP contribution in [0.15, 0.2) is 72.8 Å². The molecule has 1 aliphatic rings. The van der Waals surface area contributed by atoms with Crippen molar-refractivity contribution in [1.29, 1.82) is 0 Å². The second-order valence-corrected chi connectivity index (χ2v) is 5.24. The maximum atomic E-state index is 12.2. The van der Waals surface area contributed by atoms with Gasteiger partial charge in [0, 0.05) is 11.4 Å². The summed E-state index contributed by atoms with van der Waals surface area (Å²) in [6.45, 7) is 3.83. The zero-order chi connectivity index (χ0) is 15.5. The van der Waals surface area contributed by atoms with E-state index in [2.05, 4.69) is 17.2 Å². The van der Waals surface area contributed by atoms with Crippen LogP contribution in [-0.4, -0.2) is 11.8 Å². The van der Waals surface area contributed by atoms with E-state index in [1.807, 2.05) is 60.7 Å². The molecule has 4 nitrogen and oxygen atoms in total. The Kier molecular flexibility index (Phi) is 3.74. The maximum Gasteiger partial charge on any atom is 0.232 e. The predicted molar refractivity (Wildman–Crippen MR) is 86.3 cm³/mol. The maximum absolute atomic E-state index is 12.2. The normalized spacial score (nSPS) is 19.4. The number of anilines is 2. The van der Waals surface area contributed by atoms with Crippen molar-refractivity contribution >= 4 is 23.2 Å². The van der Waals surface area contributed by atoms with Gasteiger partial charge in [0.1, 0.15) is 0 Å². The zero-order valence-electron chi connectivity index (χ0n) is 12.0. The molecule has 2 aromatic rings. The Hall–Kier alpha value is -2.88. The number of amides is 2. The molecule has 110 valence electrons. The molecule has 22 heavy (non-hydrogen) atoms. The van der Waals surface area contributed by atoms with Crippen molar-refractivity contribution in [3.05, 3.63) is 72.8 Å². The van der Waals surface area contributed by atoms with Gasteiger partial charge in [0.25, 0.3) is 0 Å². The smallest absolute Gasteiger partial charge is 0.232 e. The van der Waals surface area contributed by atoms with Gasteiger partial charge in [-0.2, -0.15) is 0 Å². The zero-order valence-corrected chi connectivity index (χ0v) is 12.0. The predicted octanol–water partition coefficient (Wildman–Crippen LogP) is 3.07. The number of rotatable bonds is 4. The molecule has 2 N–H and O–H groups in total. The van der Waals surface area contributed by atoms with E-state index in [1.165, 1.54) is 0 Å². The number of hydrogen-bond acceptors (Lipinski definition) is 2. The number of para-hydroxylation sites is 2. The Morgan fingerprint density at radius 2 is 1.09 bits per heavy atom. The van der Waals surface area contributed by atoms with Crippen LogP contribution in [-0.2, 0) is 9.59 Å². The third kappa shape index (κ3) is 2.91. The van der Waals surface area contributed by atoms with Crippen molar-refractivity contribution in [3.63, 3.8) is 0 Å². The lowest BCUT2D eigenvalue weighted by atomic mass is 10.2. The molecule has 1 fully saturated rings. The molecule has 0 radical (unpaired) electrons. The number of carbonyl (C=O) groups excluding carboxylic acids is 2. The van der Waals surface area contributed by atoms with E-state index in [0.717, 1.165) is 11.4 Å². The van der Waals surface area contributed by atoms with E-state index < -0.39 is 11.8 Å². The quantitative estimate of drug-likeness (QED) is 0.851. The van der Waals surface area contributed by atoms with E-state index in [-0.39, 0.29) is 11.8 Å². The van der Waals surface area contributed by atoms with Crippen molar-refractivity contribution in [1.82, 2.24) is 0 Å². The van der Waals surface area contributed by atoms with Crippen LogP contribution in [0.1, 0.15) is 0 Å². The second-order valence-electron chi connectivity index (χ2n) is 5.24. The molecule has 0 bridgehead atoms. The fourth-order valence-corrected chi connectivity index (χ4v) is 2.44. The van der Waals surface area contributed by atoms with Crippen LogP contribution in [0, 0.1) is 11.8 Å². The highest BCUT2D eigenvalue weighted by molar-refractivity contribution is 6.08. The van der Waals surface area contributed by atoms with Crippen molar-refractivity contribution in [3.8, 4) is 0 Å². The van der Waals surface area contributed by atoms with Crippen LogP contribution in [0.4, 0.5) is 11.4 Å². The van der Waals surface area contributed by atoms with Gasteiger partial charge in [-0.25, -0.2) is 0 Å². The molecule has 0 spiro atoms. The molecule has 2 amide bonds. The van der Waals surface area contributed by atoms with Gasteiger partial charge in [-0.3, -0.25) is 9.59 Å². The summed E-state index contributed by atoms with van der Waals surface area (Å²) in [5.74, 6) is -1.29. The number of carbonyl (C=O) groups is 2. The summed E-state index contributed by atoms with van der Waals surface area (Å²) in [6.07, 6.45) is 0. The van der Waals surface area contributed by atoms with E-state index in [9.17, 15) is 9.59 Å². The van der Waals surface area contributed by atoms with E-state index in [4.69, 9.17) is 0 Å². The van der Waals surface area contributed by atoms with Crippen LogP contribution in [0.5, 0.6) is 0 Å². The molecular weight excluding hydrogens is 276 g/mol. The molecule has 1 aliphatic carbocycles. The first-order valence-electron chi connectivity index (χ1n) is 7.07. The van der Waals surface area contributed by atoms with Gasteiger partial charge in [-0.15, -0.1) is 0 Å². The van der Waals surface area contributed by atoms with E-state index in [0.29, 0.717) is 5.57 Å². The number of benzene rings is 2. The van der Waals surface area contributed by atoms with Crippen molar-refractivity contribution in [2.45, 2.75) is 0 Å². The Bertz CT molecular complexity index is 649. The Balaban J connectivity index is 1.61. The molecule has 2 aromatic carbocycles. The molecule has 0 heterocycles. The summed E-state index contributed by atoms with van der Waals surface area (Å²) < 4.78 is 0. The fraction of sp³-hybridized carbons (Fsp3) is 0.111. The van der Waals surface area contributed by atoms with Crippen molar-refractivity contribution in [2.24, 2.45) is 11.8 Å². The van der Waals surface area contributed by atoms with Crippen LogP contribution >= 0.6 is 0 Å². The molecule has 2 atom stereocenters. The lowest BCUT2D eigenvalue weighted by molar-refractivity contribution is -0.122. The third-order valence-electron chi connectivity index (χ3n) is 3.67. The van der Waals surface area contributed by atoms with Crippen LogP contribution < -0.4 is 10.6 Å². The molecule has 4 heteroatoms. The highest BCUT2D eigenvalue weighted by Gasteiger charge is 2.52. The largest absolute Gasteiger partial charge is 0.326 e. The summed E-state index contributed by atoms with van der Waals surface area (Å²) in [5.41, 5.74) is 2.09. The van der Waals surface area contributed by atoms with Gasteiger partial charge in [0.15, 0.2) is 0 Å². The first-order chi connectivity index (χ1) is 10.7. The van der Waals surface area contributed by atoms with E-state index in [1.54, 1.807) is 0 Å². The number of hydrogen-bond donors (Lipinski definition) is 2. The highest BCUT2D eigenvalue weighted by atomic mass is 16.2. The second kappa shape index (κ2) is 5.85. The first kappa shape index (κ1) is 14.1. The van der Waals surface area contributed by atoms with Crippen LogP contribution in [0.2, 0.25) is 0 Å². The highest BCUT2D eigenvalue weighted by Crippen LogP contribution is 2.45. The van der Waals surface area contributed by atoms with Gasteiger partial charge in [-0.05, 0) is 24.3 Å². The summed E-state index contributed by atoms with van der Waals surface area (Å²) in [5, 5.41) is 5.61. The minimum atomic E-state index is -0.455. The van der Waals surface area contributed by atoms with E-state index >= 15 is 0 Å². The van der Waals surface area contributed by atoms with Crippen molar-refractivity contribution in [2.75, 3.05) is 10.6 Å². The Morgan fingerprint density at radius 3 is 1.45 bits per heavy atom. The summed E-state index contributed by atoms with van der Waals surface area (Å²) in [7, 11) is 0. The van der Waals surface area contributed by atoms with Gasteiger partial charge in [-0.1, -0.05) is 48.6 Å². The van der Waals surface area contributed by atoms with Crippen molar-refractivity contribution < 1.29 is 9.59 Å². The SMILES string of the molecule is C=C1[C@@H](C(=O)Nc2ccccc2)[C@@H]1C(=O)Nc1ccccc1.